The topological polar surface area (TPSA) is 35.0 Å². The van der Waals surface area contributed by atoms with Gasteiger partial charge in [0, 0.05) is 17.4 Å². The molecule has 4 aromatic rings. The molecule has 0 saturated carbocycles. The Labute approximate surface area is 183 Å². The number of benzene rings is 3. The molecule has 0 aliphatic carbocycles. The van der Waals surface area contributed by atoms with Gasteiger partial charge in [-0.3, -0.25) is 0 Å². The van der Waals surface area contributed by atoms with Crippen LogP contribution in [-0.4, -0.2) is 16.6 Å². The van der Waals surface area contributed by atoms with E-state index in [0.717, 1.165) is 11.6 Å². The largest absolute Gasteiger partial charge is 0.491 e. The minimum Gasteiger partial charge on any atom is -0.491 e. The monoisotopic (exact) mass is 432 g/mol. The van der Waals surface area contributed by atoms with Gasteiger partial charge >= 0.3 is 0 Å². The molecule has 0 amide bonds. The fourth-order valence-electron chi connectivity index (χ4n) is 3.27. The molecule has 0 N–H and O–H groups in total. The summed E-state index contributed by atoms with van der Waals surface area (Å²) in [6.45, 7) is 2.44. The van der Waals surface area contributed by atoms with Crippen LogP contribution in [0.5, 0.6) is 5.75 Å². The Morgan fingerprint density at radius 2 is 1.66 bits per heavy atom. The minimum absolute atomic E-state index is 0.183. The molecule has 6 heteroatoms. The summed E-state index contributed by atoms with van der Waals surface area (Å²) in [5.74, 6) is 4.76. The summed E-state index contributed by atoms with van der Waals surface area (Å²) in [6.07, 6.45) is 4.42. The number of nitrogens with zero attached hydrogens (tertiary/aromatic N) is 2. The highest BCUT2D eigenvalue weighted by Gasteiger charge is 2.07. The average molecular weight is 432 g/mol. The van der Waals surface area contributed by atoms with Crippen molar-refractivity contribution < 1.29 is 17.9 Å². The maximum atomic E-state index is 14.5. The smallest absolute Gasteiger partial charge is 0.166 e. The zero-order valence-electron chi connectivity index (χ0n) is 17.3. The van der Waals surface area contributed by atoms with Crippen LogP contribution in [0.4, 0.5) is 13.2 Å². The van der Waals surface area contributed by atoms with Crippen molar-refractivity contribution in [2.24, 2.45) is 0 Å². The molecule has 0 aliphatic rings. The maximum absolute atomic E-state index is 14.5. The molecule has 32 heavy (non-hydrogen) atoms. The van der Waals surface area contributed by atoms with Gasteiger partial charge in [-0.05, 0) is 54.6 Å². The quantitative estimate of drug-likeness (QED) is 0.384. The van der Waals surface area contributed by atoms with E-state index in [1.165, 1.54) is 18.2 Å². The van der Waals surface area contributed by atoms with Gasteiger partial charge < -0.3 is 4.74 Å². The van der Waals surface area contributed by atoms with Gasteiger partial charge in [0.1, 0.15) is 11.6 Å². The van der Waals surface area contributed by atoms with E-state index in [0.29, 0.717) is 42.0 Å². The summed E-state index contributed by atoms with van der Waals surface area (Å²) in [5, 5.41) is 0.714. The van der Waals surface area contributed by atoms with E-state index in [1.807, 2.05) is 13.0 Å². The van der Waals surface area contributed by atoms with Gasteiger partial charge in [0.25, 0.3) is 0 Å². The highest BCUT2D eigenvalue weighted by Crippen LogP contribution is 2.21. The summed E-state index contributed by atoms with van der Waals surface area (Å²) >= 11 is 0. The number of aromatic nitrogens is 2. The number of rotatable bonds is 5. The molecule has 0 saturated heterocycles. The van der Waals surface area contributed by atoms with Gasteiger partial charge in [-0.2, -0.15) is 0 Å². The zero-order valence-corrected chi connectivity index (χ0v) is 17.3. The van der Waals surface area contributed by atoms with Gasteiger partial charge in [-0.1, -0.05) is 30.0 Å². The molecule has 3 nitrogen and oxygen atoms in total. The zero-order chi connectivity index (χ0) is 22.5. The Balaban J connectivity index is 1.45. The van der Waals surface area contributed by atoms with Crippen LogP contribution in [0.15, 0.2) is 60.9 Å². The summed E-state index contributed by atoms with van der Waals surface area (Å²) in [7, 11) is 0. The minimum atomic E-state index is -0.896. The first kappa shape index (κ1) is 21.4. The highest BCUT2D eigenvalue weighted by molar-refractivity contribution is 5.84. The number of aryl methyl sites for hydroxylation is 2. The van der Waals surface area contributed by atoms with Crippen LogP contribution in [-0.2, 0) is 12.8 Å². The molecule has 0 fully saturated rings. The second-order valence-electron chi connectivity index (χ2n) is 7.13. The van der Waals surface area contributed by atoms with E-state index >= 15 is 0 Å². The molecule has 3 aromatic carbocycles. The molecular weight excluding hydrogens is 413 g/mol. The lowest BCUT2D eigenvalue weighted by Crippen LogP contribution is -2.00. The van der Waals surface area contributed by atoms with Gasteiger partial charge in [0.05, 0.1) is 24.6 Å². The molecule has 0 radical (unpaired) electrons. The van der Waals surface area contributed by atoms with E-state index in [2.05, 4.69) is 21.8 Å². The Bertz CT molecular complexity index is 1320. The highest BCUT2D eigenvalue weighted by atomic mass is 19.2. The number of halogens is 3. The SMILES string of the molecule is CCOc1cnc(CCc2ccc(C#Cc3ccc4c(F)c(F)ccc4c3)c(F)c2)nc1. The second kappa shape index (κ2) is 9.52. The van der Waals surface area contributed by atoms with E-state index in [-0.39, 0.29) is 10.9 Å². The van der Waals surface area contributed by atoms with E-state index in [9.17, 15) is 13.2 Å². The lowest BCUT2D eigenvalue weighted by Gasteiger charge is -2.04. The van der Waals surface area contributed by atoms with Gasteiger partial charge in [-0.15, -0.1) is 0 Å². The average Bonchev–Trinajstić information content (AvgIpc) is 2.80. The molecule has 1 heterocycles. The molecular formula is C26H19F3N2O. The summed E-state index contributed by atoms with van der Waals surface area (Å²) in [5.41, 5.74) is 1.66. The van der Waals surface area contributed by atoms with Gasteiger partial charge in [0.2, 0.25) is 0 Å². The molecule has 0 bridgehead atoms. The number of ether oxygens (including phenoxy) is 1. The Morgan fingerprint density at radius 3 is 2.41 bits per heavy atom. The number of fused-ring (bicyclic) bond motifs is 1. The predicted octanol–water partition coefficient (Wildman–Crippen LogP) is 5.63. The third-order valence-electron chi connectivity index (χ3n) is 4.91. The fourth-order valence-corrected chi connectivity index (χ4v) is 3.27. The Hall–Kier alpha value is -3.85. The van der Waals surface area contributed by atoms with Crippen LogP contribution in [0.2, 0.25) is 0 Å². The first-order valence-corrected chi connectivity index (χ1v) is 10.2. The summed E-state index contributed by atoms with van der Waals surface area (Å²) < 4.78 is 47.0. The van der Waals surface area contributed by atoms with E-state index in [1.54, 1.807) is 30.6 Å². The standard InChI is InChI=1S/C26H19F3N2O/c1-2-32-21-15-30-25(31-16-21)12-6-18-4-8-19(24(28)14-18)7-3-17-5-10-22-20(13-17)9-11-23(27)26(22)29/h4-5,8-11,13-16H,2,6,12H2,1H3. The van der Waals surface area contributed by atoms with Crippen molar-refractivity contribution in [1.82, 2.24) is 9.97 Å². The van der Waals surface area contributed by atoms with Crippen LogP contribution in [0.1, 0.15) is 29.4 Å². The number of hydrogen-bond donors (Lipinski definition) is 0. The molecule has 1 aromatic heterocycles. The van der Waals surface area contributed by atoms with Gasteiger partial charge in [0.15, 0.2) is 17.4 Å². The van der Waals surface area contributed by atoms with Crippen LogP contribution < -0.4 is 4.74 Å². The van der Waals surface area contributed by atoms with Crippen LogP contribution in [0.3, 0.4) is 0 Å². The van der Waals surface area contributed by atoms with Crippen molar-refractivity contribution in [3.63, 3.8) is 0 Å². The molecule has 0 spiro atoms. The van der Waals surface area contributed by atoms with E-state index in [4.69, 9.17) is 4.74 Å². The Kier molecular flexibility index (Phi) is 6.37. The third-order valence-corrected chi connectivity index (χ3v) is 4.91. The van der Waals surface area contributed by atoms with Crippen molar-refractivity contribution in [3.8, 4) is 17.6 Å². The molecule has 160 valence electrons. The van der Waals surface area contributed by atoms with E-state index < -0.39 is 17.5 Å². The fraction of sp³-hybridized carbons (Fsp3) is 0.154. The number of hydrogen-bond acceptors (Lipinski definition) is 3. The van der Waals surface area contributed by atoms with Crippen molar-refractivity contribution in [3.05, 3.63) is 101 Å². The third kappa shape index (κ3) is 4.89. The lowest BCUT2D eigenvalue weighted by atomic mass is 10.0. The lowest BCUT2D eigenvalue weighted by molar-refractivity contribution is 0.337. The van der Waals surface area contributed by atoms with Crippen molar-refractivity contribution in [2.45, 2.75) is 19.8 Å². The molecule has 0 aliphatic heterocycles. The van der Waals surface area contributed by atoms with Crippen molar-refractivity contribution in [1.29, 1.82) is 0 Å². The van der Waals surface area contributed by atoms with Gasteiger partial charge in [-0.25, -0.2) is 23.1 Å². The van der Waals surface area contributed by atoms with Crippen LogP contribution >= 0.6 is 0 Å². The molecule has 0 atom stereocenters. The Morgan fingerprint density at radius 1 is 0.844 bits per heavy atom. The molecule has 0 unspecified atom stereocenters. The normalized spacial score (nSPS) is 10.6. The summed E-state index contributed by atoms with van der Waals surface area (Å²) in [6, 6.07) is 12.2. The first-order chi connectivity index (χ1) is 15.5. The first-order valence-electron chi connectivity index (χ1n) is 10.2. The summed E-state index contributed by atoms with van der Waals surface area (Å²) in [4.78, 5) is 8.50. The van der Waals surface area contributed by atoms with Crippen LogP contribution in [0.25, 0.3) is 10.8 Å². The van der Waals surface area contributed by atoms with Crippen molar-refractivity contribution >= 4 is 10.8 Å². The molecule has 4 rings (SSSR count). The predicted molar refractivity (Wildman–Crippen MR) is 117 cm³/mol. The van der Waals surface area contributed by atoms with Crippen LogP contribution in [0, 0.1) is 29.3 Å². The second-order valence-corrected chi connectivity index (χ2v) is 7.13. The maximum Gasteiger partial charge on any atom is 0.166 e. The van der Waals surface area contributed by atoms with Crippen molar-refractivity contribution in [2.75, 3.05) is 6.61 Å².